The fourth-order valence-corrected chi connectivity index (χ4v) is 1.58. The normalized spacial score (nSPS) is 12.5. The van der Waals surface area contributed by atoms with Gasteiger partial charge in [0.1, 0.15) is 0 Å². The molecule has 1 atom stereocenters. The third-order valence-corrected chi connectivity index (χ3v) is 2.50. The summed E-state index contributed by atoms with van der Waals surface area (Å²) in [7, 11) is 0. The Kier molecular flexibility index (Phi) is 9.65. The first-order chi connectivity index (χ1) is 7.20. The molecule has 0 rings (SSSR count). The Labute approximate surface area is 94.4 Å². The molecule has 1 unspecified atom stereocenters. The van der Waals surface area contributed by atoms with Crippen molar-refractivity contribution < 1.29 is 9.53 Å². The molecular weight excluding hydrogens is 188 g/mol. The zero-order chi connectivity index (χ0) is 11.5. The first kappa shape index (κ1) is 14.5. The Morgan fingerprint density at radius 2 is 1.73 bits per heavy atom. The van der Waals surface area contributed by atoms with Crippen molar-refractivity contribution >= 4 is 5.97 Å². The molecule has 0 spiro atoms. The van der Waals surface area contributed by atoms with Crippen molar-refractivity contribution in [1.82, 2.24) is 0 Å². The van der Waals surface area contributed by atoms with Gasteiger partial charge in [-0.25, -0.2) is 0 Å². The fraction of sp³-hybridized carbons (Fsp3) is 0.923. The van der Waals surface area contributed by atoms with Crippen molar-refractivity contribution in [2.75, 3.05) is 0 Å². The van der Waals surface area contributed by atoms with Gasteiger partial charge in [-0.15, -0.1) is 0 Å². The molecule has 2 heteroatoms. The van der Waals surface area contributed by atoms with Gasteiger partial charge < -0.3 is 4.74 Å². The number of carbonyl (C=O) groups excluding carboxylic acids is 1. The van der Waals surface area contributed by atoms with E-state index in [-0.39, 0.29) is 12.1 Å². The number of hydrogen-bond acceptors (Lipinski definition) is 2. The molecule has 15 heavy (non-hydrogen) atoms. The Hall–Kier alpha value is -0.530. The molecule has 0 aliphatic carbocycles. The van der Waals surface area contributed by atoms with Crippen LogP contribution in [0.4, 0.5) is 0 Å². The Morgan fingerprint density at radius 3 is 2.33 bits per heavy atom. The highest BCUT2D eigenvalue weighted by molar-refractivity contribution is 5.69. The second kappa shape index (κ2) is 10.0. The summed E-state index contributed by atoms with van der Waals surface area (Å²) >= 11 is 0. The fourth-order valence-electron chi connectivity index (χ4n) is 1.58. The van der Waals surface area contributed by atoms with Gasteiger partial charge in [0.15, 0.2) is 0 Å². The van der Waals surface area contributed by atoms with Crippen molar-refractivity contribution in [3.63, 3.8) is 0 Å². The summed E-state index contributed by atoms with van der Waals surface area (Å²) in [5.74, 6) is -0.0430. The maximum absolute atomic E-state index is 11.2. The lowest BCUT2D eigenvalue weighted by atomic mass is 10.1. The van der Waals surface area contributed by atoms with Crippen LogP contribution in [0.3, 0.4) is 0 Å². The van der Waals surface area contributed by atoms with Crippen molar-refractivity contribution in [2.24, 2.45) is 0 Å². The van der Waals surface area contributed by atoms with E-state index >= 15 is 0 Å². The van der Waals surface area contributed by atoms with E-state index in [0.29, 0.717) is 6.42 Å². The van der Waals surface area contributed by atoms with Gasteiger partial charge in [0.2, 0.25) is 0 Å². The maximum Gasteiger partial charge on any atom is 0.306 e. The largest absolute Gasteiger partial charge is 0.463 e. The Morgan fingerprint density at radius 1 is 1.07 bits per heavy atom. The van der Waals surface area contributed by atoms with Crippen LogP contribution in [0.5, 0.6) is 0 Å². The molecule has 0 aromatic carbocycles. The van der Waals surface area contributed by atoms with Crippen LogP contribution >= 0.6 is 0 Å². The van der Waals surface area contributed by atoms with Crippen LogP contribution in [0.2, 0.25) is 0 Å². The first-order valence-electron chi connectivity index (χ1n) is 6.40. The van der Waals surface area contributed by atoms with Gasteiger partial charge in [-0.05, 0) is 26.2 Å². The molecule has 0 saturated carbocycles. The van der Waals surface area contributed by atoms with E-state index in [1.807, 2.05) is 13.8 Å². The van der Waals surface area contributed by atoms with E-state index in [0.717, 1.165) is 12.8 Å². The van der Waals surface area contributed by atoms with E-state index in [9.17, 15) is 4.79 Å². The van der Waals surface area contributed by atoms with Crippen LogP contribution in [0, 0.1) is 0 Å². The van der Waals surface area contributed by atoms with Gasteiger partial charge in [0.05, 0.1) is 6.10 Å². The molecule has 0 bridgehead atoms. The number of hydrogen-bond donors (Lipinski definition) is 0. The van der Waals surface area contributed by atoms with Crippen molar-refractivity contribution in [3.8, 4) is 0 Å². The summed E-state index contributed by atoms with van der Waals surface area (Å²) in [6.07, 6.45) is 8.91. The minimum atomic E-state index is -0.0430. The summed E-state index contributed by atoms with van der Waals surface area (Å²) in [5.41, 5.74) is 0. The molecule has 0 saturated heterocycles. The van der Waals surface area contributed by atoms with Crippen LogP contribution in [-0.4, -0.2) is 12.1 Å². The number of unbranched alkanes of at least 4 members (excludes halogenated alkanes) is 4. The highest BCUT2D eigenvalue weighted by Crippen LogP contribution is 2.09. The van der Waals surface area contributed by atoms with Crippen molar-refractivity contribution in [2.45, 2.75) is 78.2 Å². The average Bonchev–Trinajstić information content (AvgIpc) is 2.17. The molecule has 0 aromatic rings. The predicted octanol–water partition coefficient (Wildman–Crippen LogP) is 4.08. The second-order valence-electron chi connectivity index (χ2n) is 4.25. The van der Waals surface area contributed by atoms with Crippen molar-refractivity contribution in [3.05, 3.63) is 0 Å². The van der Waals surface area contributed by atoms with E-state index in [1.54, 1.807) is 0 Å². The monoisotopic (exact) mass is 214 g/mol. The SMILES string of the molecule is CCCCCCCC(C)OC(=O)CCC. The predicted molar refractivity (Wildman–Crippen MR) is 63.8 cm³/mol. The molecule has 0 amide bonds. The summed E-state index contributed by atoms with van der Waals surface area (Å²) in [4.78, 5) is 11.2. The molecule has 0 aromatic heterocycles. The van der Waals surface area contributed by atoms with Gasteiger partial charge in [-0.1, -0.05) is 39.5 Å². The number of rotatable bonds is 9. The van der Waals surface area contributed by atoms with Gasteiger partial charge in [-0.3, -0.25) is 4.79 Å². The topological polar surface area (TPSA) is 26.3 Å². The average molecular weight is 214 g/mol. The molecule has 0 aliphatic rings. The van der Waals surface area contributed by atoms with Gasteiger partial charge >= 0.3 is 5.97 Å². The van der Waals surface area contributed by atoms with Gasteiger partial charge in [0.25, 0.3) is 0 Å². The second-order valence-corrected chi connectivity index (χ2v) is 4.25. The van der Waals surface area contributed by atoms with Crippen LogP contribution < -0.4 is 0 Å². The standard InChI is InChI=1S/C13H26O2/c1-4-6-7-8-9-11-12(3)15-13(14)10-5-2/h12H,4-11H2,1-3H3. The first-order valence-corrected chi connectivity index (χ1v) is 6.40. The quantitative estimate of drug-likeness (QED) is 0.427. The molecule has 0 aliphatic heterocycles. The Bertz CT molecular complexity index is 155. The third-order valence-electron chi connectivity index (χ3n) is 2.50. The van der Waals surface area contributed by atoms with E-state index in [2.05, 4.69) is 6.92 Å². The molecular formula is C13H26O2. The zero-order valence-electron chi connectivity index (χ0n) is 10.6. The molecule has 90 valence electrons. The van der Waals surface area contributed by atoms with Gasteiger partial charge in [0, 0.05) is 6.42 Å². The van der Waals surface area contributed by atoms with Crippen LogP contribution in [-0.2, 0) is 9.53 Å². The Balaban J connectivity index is 3.32. The molecule has 0 fully saturated rings. The lowest BCUT2D eigenvalue weighted by molar-refractivity contribution is -0.148. The highest BCUT2D eigenvalue weighted by atomic mass is 16.5. The highest BCUT2D eigenvalue weighted by Gasteiger charge is 2.07. The minimum absolute atomic E-state index is 0.0430. The smallest absolute Gasteiger partial charge is 0.306 e. The molecule has 0 radical (unpaired) electrons. The zero-order valence-corrected chi connectivity index (χ0v) is 10.6. The van der Waals surface area contributed by atoms with E-state index in [1.165, 1.54) is 32.1 Å². The van der Waals surface area contributed by atoms with Crippen LogP contribution in [0.15, 0.2) is 0 Å². The maximum atomic E-state index is 11.2. The summed E-state index contributed by atoms with van der Waals surface area (Å²) in [5, 5.41) is 0. The minimum Gasteiger partial charge on any atom is -0.463 e. The lowest BCUT2D eigenvalue weighted by Gasteiger charge is -2.12. The third kappa shape index (κ3) is 9.77. The summed E-state index contributed by atoms with van der Waals surface area (Å²) < 4.78 is 5.26. The van der Waals surface area contributed by atoms with Gasteiger partial charge in [-0.2, -0.15) is 0 Å². The lowest BCUT2D eigenvalue weighted by Crippen LogP contribution is -2.14. The van der Waals surface area contributed by atoms with Crippen molar-refractivity contribution in [1.29, 1.82) is 0 Å². The summed E-state index contributed by atoms with van der Waals surface area (Å²) in [6, 6.07) is 0. The van der Waals surface area contributed by atoms with Crippen LogP contribution in [0.25, 0.3) is 0 Å². The molecule has 0 N–H and O–H groups in total. The number of carbonyl (C=O) groups is 1. The summed E-state index contributed by atoms with van der Waals surface area (Å²) in [6.45, 7) is 6.21. The number of ether oxygens (including phenoxy) is 1. The number of esters is 1. The molecule has 0 heterocycles. The van der Waals surface area contributed by atoms with E-state index in [4.69, 9.17) is 4.74 Å². The van der Waals surface area contributed by atoms with Crippen LogP contribution in [0.1, 0.15) is 72.1 Å². The molecule has 2 nitrogen and oxygen atoms in total. The van der Waals surface area contributed by atoms with E-state index < -0.39 is 0 Å².